The summed E-state index contributed by atoms with van der Waals surface area (Å²) >= 11 is 0. The van der Waals surface area contributed by atoms with E-state index in [4.69, 9.17) is 0 Å². The Morgan fingerprint density at radius 2 is 0.913 bits per heavy atom. The number of hydrogen-bond acceptors (Lipinski definition) is 8. The van der Waals surface area contributed by atoms with Crippen molar-refractivity contribution in [3.63, 3.8) is 0 Å². The molecule has 4 N–H and O–H groups in total. The summed E-state index contributed by atoms with van der Waals surface area (Å²) in [7, 11) is -16.7. The molecule has 23 heavy (non-hydrogen) atoms. The summed E-state index contributed by atoms with van der Waals surface area (Å²) in [5, 5.41) is 0. The van der Waals surface area contributed by atoms with Crippen LogP contribution < -0.4 is 0 Å². The largest absolute Gasteiger partial charge is 0.349 e. The predicted molar refractivity (Wildman–Crippen MR) is 79.0 cm³/mol. The molecule has 0 radical (unpaired) electrons. The highest BCUT2D eigenvalue weighted by atomic mass is 31.3. The average Bonchev–Trinajstić information content (AvgIpc) is 2.19. The summed E-state index contributed by atoms with van der Waals surface area (Å²) in [6, 6.07) is 0. The van der Waals surface area contributed by atoms with Gasteiger partial charge in [0, 0.05) is 13.1 Å². The van der Waals surface area contributed by atoms with Crippen molar-refractivity contribution in [1.82, 2.24) is 9.80 Å². The summed E-state index contributed by atoms with van der Waals surface area (Å²) in [4.78, 5) is 40.0. The van der Waals surface area contributed by atoms with Crippen LogP contribution in [-0.4, -0.2) is 67.6 Å². The lowest BCUT2D eigenvalue weighted by atomic mass is 10.4. The molecule has 0 aliphatic carbocycles. The van der Waals surface area contributed by atoms with Gasteiger partial charge < -0.3 is 19.6 Å². The van der Waals surface area contributed by atoms with E-state index in [-0.39, 0.29) is 19.5 Å². The summed E-state index contributed by atoms with van der Waals surface area (Å²) in [5.74, 6) is 0. The van der Waals surface area contributed by atoms with Gasteiger partial charge in [0.15, 0.2) is 0 Å². The van der Waals surface area contributed by atoms with E-state index in [9.17, 15) is 37.8 Å². The van der Waals surface area contributed by atoms with E-state index < -0.39 is 55.5 Å². The van der Waals surface area contributed by atoms with Crippen molar-refractivity contribution in [3.05, 3.63) is 0 Å². The van der Waals surface area contributed by atoms with Crippen molar-refractivity contribution < 1.29 is 46.5 Å². The molecule has 16 heteroatoms. The molecule has 0 amide bonds. The van der Waals surface area contributed by atoms with Crippen LogP contribution in [0.15, 0.2) is 0 Å². The molecule has 0 aromatic carbocycles. The van der Waals surface area contributed by atoms with Gasteiger partial charge in [0.05, 0.1) is 0 Å². The maximum Gasteiger partial charge on any atom is 0.349 e. The summed E-state index contributed by atoms with van der Waals surface area (Å²) in [6.07, 6.45) is -1.34. The van der Waals surface area contributed by atoms with E-state index in [1.807, 2.05) is 0 Å². The van der Waals surface area contributed by atoms with Crippen LogP contribution in [0.25, 0.3) is 0 Å². The highest BCUT2D eigenvalue weighted by molar-refractivity contribution is 7.67. The van der Waals surface area contributed by atoms with Gasteiger partial charge in [-0.2, -0.15) is 0 Å². The monoisotopic (exact) mass is 414 g/mol. The maximum absolute atomic E-state index is 11.5. The van der Waals surface area contributed by atoms with Crippen molar-refractivity contribution in [2.24, 2.45) is 0 Å². The van der Waals surface area contributed by atoms with Crippen molar-refractivity contribution >= 4 is 30.4 Å². The first-order valence-corrected chi connectivity index (χ1v) is 13.5. The standard InChI is InChI=1S/C7H18N2O10P4/c10-20(11)4-8(5-21(12,13)18-20)2-1-3-9-6-22(14,15)19-23(16,17)7-9/h1-7H2,(H,10,11)(H,12,13)(H,14,15)(H,16,17). The topological polar surface area (TPSA) is 174 Å². The van der Waals surface area contributed by atoms with Crippen LogP contribution in [0.5, 0.6) is 0 Å². The quantitative estimate of drug-likeness (QED) is 0.473. The van der Waals surface area contributed by atoms with Gasteiger partial charge in [-0.25, -0.2) is 8.62 Å². The smallest absolute Gasteiger partial charge is 0.323 e. The minimum Gasteiger partial charge on any atom is -0.323 e. The summed E-state index contributed by atoms with van der Waals surface area (Å²) in [5.41, 5.74) is 0. The van der Waals surface area contributed by atoms with Crippen LogP contribution in [0.2, 0.25) is 0 Å². The molecule has 2 rings (SSSR count). The normalized spacial score (nSPS) is 46.8. The fourth-order valence-corrected chi connectivity index (χ4v) is 9.72. The average molecular weight is 414 g/mol. The van der Waals surface area contributed by atoms with Crippen LogP contribution in [-0.2, 0) is 26.9 Å². The second kappa shape index (κ2) is 6.72. The Balaban J connectivity index is 1.87. The minimum atomic E-state index is -4.17. The lowest BCUT2D eigenvalue weighted by molar-refractivity contribution is 0.218. The minimum absolute atomic E-state index is 0.140. The van der Waals surface area contributed by atoms with Gasteiger partial charge in [-0.3, -0.25) is 28.1 Å². The predicted octanol–water partition coefficient (Wildman–Crippen LogP) is 0.612. The van der Waals surface area contributed by atoms with Gasteiger partial charge in [-0.1, -0.05) is 0 Å². The van der Waals surface area contributed by atoms with E-state index in [0.29, 0.717) is 0 Å². The third-order valence-corrected chi connectivity index (χ3v) is 10.1. The molecule has 0 bridgehead atoms. The van der Waals surface area contributed by atoms with Gasteiger partial charge in [0.25, 0.3) is 0 Å². The van der Waals surface area contributed by atoms with E-state index in [0.717, 1.165) is 0 Å². The van der Waals surface area contributed by atoms with Gasteiger partial charge >= 0.3 is 30.4 Å². The molecule has 2 aliphatic heterocycles. The van der Waals surface area contributed by atoms with Gasteiger partial charge in [-0.15, -0.1) is 0 Å². The number of rotatable bonds is 4. The van der Waals surface area contributed by atoms with Crippen LogP contribution in [0.1, 0.15) is 6.42 Å². The molecular weight excluding hydrogens is 396 g/mol. The van der Waals surface area contributed by atoms with E-state index in [2.05, 4.69) is 8.62 Å². The Bertz CT molecular complexity index is 551. The first-order valence-electron chi connectivity index (χ1n) is 6.42. The van der Waals surface area contributed by atoms with Crippen LogP contribution in [0.4, 0.5) is 0 Å². The molecule has 4 atom stereocenters. The van der Waals surface area contributed by atoms with Gasteiger partial charge in [0.1, 0.15) is 25.1 Å². The van der Waals surface area contributed by atoms with Crippen molar-refractivity contribution in [3.8, 4) is 0 Å². The third-order valence-electron chi connectivity index (χ3n) is 2.97. The molecule has 12 nitrogen and oxygen atoms in total. The second-order valence-electron chi connectivity index (χ2n) is 5.42. The zero-order valence-corrected chi connectivity index (χ0v) is 15.4. The van der Waals surface area contributed by atoms with E-state index in [1.54, 1.807) is 0 Å². The van der Waals surface area contributed by atoms with Crippen molar-refractivity contribution in [1.29, 1.82) is 0 Å². The number of nitrogens with zero attached hydrogens (tertiary/aromatic N) is 2. The molecule has 0 spiro atoms. The lowest BCUT2D eigenvalue weighted by Crippen LogP contribution is -2.35. The number of hydrogen-bond donors (Lipinski definition) is 4. The lowest BCUT2D eigenvalue weighted by Gasteiger charge is -2.34. The third kappa shape index (κ3) is 6.44. The van der Waals surface area contributed by atoms with E-state index >= 15 is 0 Å². The van der Waals surface area contributed by atoms with Crippen molar-refractivity contribution in [2.75, 3.05) is 38.2 Å². The molecule has 2 saturated heterocycles. The van der Waals surface area contributed by atoms with Crippen molar-refractivity contribution in [2.45, 2.75) is 6.42 Å². The zero-order chi connectivity index (χ0) is 17.5. The Morgan fingerprint density at radius 1 is 0.652 bits per heavy atom. The first kappa shape index (κ1) is 19.9. The second-order valence-corrected chi connectivity index (χ2v) is 13.0. The van der Waals surface area contributed by atoms with Crippen LogP contribution in [0, 0.1) is 0 Å². The van der Waals surface area contributed by atoms with E-state index in [1.165, 1.54) is 9.80 Å². The van der Waals surface area contributed by atoms with Gasteiger partial charge in [0.2, 0.25) is 0 Å². The first-order chi connectivity index (χ1) is 10.3. The van der Waals surface area contributed by atoms with Gasteiger partial charge in [-0.05, 0) is 6.42 Å². The molecule has 4 unspecified atom stereocenters. The molecule has 136 valence electrons. The fraction of sp³-hybridized carbons (Fsp3) is 1.00. The maximum atomic E-state index is 11.5. The summed E-state index contributed by atoms with van der Waals surface area (Å²) in [6.45, 7) is 0.280. The molecule has 2 aliphatic rings. The zero-order valence-electron chi connectivity index (χ0n) is 11.9. The Morgan fingerprint density at radius 3 is 1.17 bits per heavy atom. The molecule has 2 fully saturated rings. The molecule has 0 aromatic heterocycles. The molecular formula is C7H18N2O10P4. The fourth-order valence-electron chi connectivity index (χ4n) is 2.40. The highest BCUT2D eigenvalue weighted by Crippen LogP contribution is 2.64. The molecule has 0 saturated carbocycles. The highest BCUT2D eigenvalue weighted by Gasteiger charge is 2.43. The van der Waals surface area contributed by atoms with Crippen LogP contribution in [0.3, 0.4) is 0 Å². The Hall–Kier alpha value is 0.600. The van der Waals surface area contributed by atoms with Crippen LogP contribution >= 0.6 is 30.4 Å². The Labute approximate surface area is 132 Å². The molecule has 2 heterocycles. The SMILES string of the molecule is O=P1(O)CN(CCCN2CP(=O)(O)OP(=O)(O)C2)CP(=O)(O)O1. The molecule has 0 aromatic rings. The summed E-state index contributed by atoms with van der Waals surface area (Å²) < 4.78 is 54.5. The Kier molecular flexibility index (Phi) is 5.82.